The van der Waals surface area contributed by atoms with Gasteiger partial charge in [-0.15, -0.1) is 5.10 Å². The van der Waals surface area contributed by atoms with Gasteiger partial charge in [-0.2, -0.15) is 0 Å². The van der Waals surface area contributed by atoms with Crippen LogP contribution < -0.4 is 10.1 Å². The zero-order chi connectivity index (χ0) is 13.0. The van der Waals surface area contributed by atoms with Crippen molar-refractivity contribution in [1.29, 1.82) is 0 Å². The molecule has 2 aromatic rings. The van der Waals surface area contributed by atoms with Crippen molar-refractivity contribution in [2.45, 2.75) is 26.4 Å². The van der Waals surface area contributed by atoms with Crippen LogP contribution in [-0.4, -0.2) is 28.1 Å². The highest BCUT2D eigenvalue weighted by molar-refractivity contribution is 5.38. The molecule has 1 N–H and O–H groups in total. The van der Waals surface area contributed by atoms with Crippen LogP contribution in [0.2, 0.25) is 0 Å². The standard InChI is InChI=1S/C13H18N4O/c1-10(2)14-8-11-9-17(16-15-11)12-5-4-6-13(7-12)18-3/h4-7,9-10,14H,8H2,1-3H3. The number of nitrogens with one attached hydrogen (secondary N) is 1. The van der Waals surface area contributed by atoms with E-state index in [9.17, 15) is 0 Å². The molecule has 0 aliphatic carbocycles. The smallest absolute Gasteiger partial charge is 0.121 e. The SMILES string of the molecule is COc1cccc(-n2cc(CNC(C)C)nn2)c1. The van der Waals surface area contributed by atoms with Crippen molar-refractivity contribution in [3.8, 4) is 11.4 Å². The van der Waals surface area contributed by atoms with Crippen LogP contribution >= 0.6 is 0 Å². The largest absolute Gasteiger partial charge is 0.497 e. The van der Waals surface area contributed by atoms with Gasteiger partial charge in [0.1, 0.15) is 5.75 Å². The highest BCUT2D eigenvalue weighted by Crippen LogP contribution is 2.15. The minimum Gasteiger partial charge on any atom is -0.497 e. The van der Waals surface area contributed by atoms with E-state index in [1.54, 1.807) is 11.8 Å². The van der Waals surface area contributed by atoms with E-state index in [1.165, 1.54) is 0 Å². The van der Waals surface area contributed by atoms with E-state index in [4.69, 9.17) is 4.74 Å². The maximum Gasteiger partial charge on any atom is 0.121 e. The Labute approximate surface area is 107 Å². The molecule has 5 nitrogen and oxygen atoms in total. The topological polar surface area (TPSA) is 52.0 Å². The fraction of sp³-hybridized carbons (Fsp3) is 0.385. The van der Waals surface area contributed by atoms with Crippen LogP contribution in [-0.2, 0) is 6.54 Å². The Kier molecular flexibility index (Phi) is 3.94. The normalized spacial score (nSPS) is 10.9. The summed E-state index contributed by atoms with van der Waals surface area (Å²) in [6, 6.07) is 8.17. The number of benzene rings is 1. The molecule has 18 heavy (non-hydrogen) atoms. The van der Waals surface area contributed by atoms with Crippen LogP contribution in [0.4, 0.5) is 0 Å². The van der Waals surface area contributed by atoms with Crippen molar-refractivity contribution < 1.29 is 4.74 Å². The average molecular weight is 246 g/mol. The first kappa shape index (κ1) is 12.6. The Morgan fingerprint density at radius 2 is 2.22 bits per heavy atom. The molecule has 0 fully saturated rings. The molecule has 1 aromatic heterocycles. The summed E-state index contributed by atoms with van der Waals surface area (Å²) in [5.41, 5.74) is 1.86. The molecule has 0 saturated carbocycles. The molecule has 2 rings (SSSR count). The second-order valence-corrected chi connectivity index (χ2v) is 4.39. The van der Waals surface area contributed by atoms with Crippen molar-refractivity contribution in [2.24, 2.45) is 0 Å². The Morgan fingerprint density at radius 1 is 1.39 bits per heavy atom. The van der Waals surface area contributed by atoms with Gasteiger partial charge in [0.15, 0.2) is 0 Å². The summed E-state index contributed by atoms with van der Waals surface area (Å²) in [7, 11) is 1.65. The van der Waals surface area contributed by atoms with E-state index in [0.717, 1.165) is 23.7 Å². The van der Waals surface area contributed by atoms with Crippen molar-refractivity contribution in [3.05, 3.63) is 36.2 Å². The summed E-state index contributed by atoms with van der Waals surface area (Å²) < 4.78 is 6.94. The van der Waals surface area contributed by atoms with Crippen molar-refractivity contribution in [3.63, 3.8) is 0 Å². The number of hydrogen-bond acceptors (Lipinski definition) is 4. The molecule has 0 atom stereocenters. The molecule has 96 valence electrons. The van der Waals surface area contributed by atoms with Gasteiger partial charge in [0.05, 0.1) is 24.7 Å². The third-order valence-electron chi connectivity index (χ3n) is 2.55. The molecular formula is C13H18N4O. The quantitative estimate of drug-likeness (QED) is 0.873. The van der Waals surface area contributed by atoms with Gasteiger partial charge in [-0.05, 0) is 12.1 Å². The summed E-state index contributed by atoms with van der Waals surface area (Å²) in [6.07, 6.45) is 1.92. The molecule has 0 amide bonds. The van der Waals surface area contributed by atoms with E-state index in [0.29, 0.717) is 6.04 Å². The first-order valence-electron chi connectivity index (χ1n) is 5.98. The predicted octanol–water partition coefficient (Wildman–Crippen LogP) is 1.77. The van der Waals surface area contributed by atoms with E-state index in [1.807, 2.05) is 30.5 Å². The Hall–Kier alpha value is -1.88. The maximum absolute atomic E-state index is 5.19. The van der Waals surface area contributed by atoms with Gasteiger partial charge in [0.25, 0.3) is 0 Å². The van der Waals surface area contributed by atoms with Crippen LogP contribution in [0, 0.1) is 0 Å². The van der Waals surface area contributed by atoms with Crippen LogP contribution in [0.3, 0.4) is 0 Å². The lowest BCUT2D eigenvalue weighted by molar-refractivity contribution is 0.414. The fourth-order valence-corrected chi connectivity index (χ4v) is 1.57. The minimum atomic E-state index is 0.437. The van der Waals surface area contributed by atoms with Gasteiger partial charge in [-0.25, -0.2) is 4.68 Å². The average Bonchev–Trinajstić information content (AvgIpc) is 2.85. The molecule has 5 heteroatoms. The highest BCUT2D eigenvalue weighted by atomic mass is 16.5. The van der Waals surface area contributed by atoms with Crippen LogP contribution in [0.5, 0.6) is 5.75 Å². The number of ether oxygens (including phenoxy) is 1. The molecule has 0 spiro atoms. The van der Waals surface area contributed by atoms with Gasteiger partial charge in [0.2, 0.25) is 0 Å². The lowest BCUT2D eigenvalue weighted by atomic mass is 10.3. The maximum atomic E-state index is 5.19. The highest BCUT2D eigenvalue weighted by Gasteiger charge is 2.04. The number of rotatable bonds is 5. The first-order valence-corrected chi connectivity index (χ1v) is 5.98. The molecule has 1 aromatic carbocycles. The molecule has 0 aliphatic rings. The van der Waals surface area contributed by atoms with Crippen LogP contribution in [0.25, 0.3) is 5.69 Å². The second kappa shape index (κ2) is 5.64. The molecular weight excluding hydrogens is 228 g/mol. The zero-order valence-electron chi connectivity index (χ0n) is 10.9. The van der Waals surface area contributed by atoms with Crippen molar-refractivity contribution in [2.75, 3.05) is 7.11 Å². The molecule has 0 radical (unpaired) electrons. The van der Waals surface area contributed by atoms with Gasteiger partial charge in [0, 0.05) is 18.7 Å². The predicted molar refractivity (Wildman–Crippen MR) is 69.9 cm³/mol. The summed E-state index contributed by atoms with van der Waals surface area (Å²) >= 11 is 0. The van der Waals surface area contributed by atoms with Crippen molar-refractivity contribution in [1.82, 2.24) is 20.3 Å². The second-order valence-electron chi connectivity index (χ2n) is 4.39. The molecule has 0 aliphatic heterocycles. The van der Waals surface area contributed by atoms with Crippen LogP contribution in [0.1, 0.15) is 19.5 Å². The molecule has 0 unspecified atom stereocenters. The van der Waals surface area contributed by atoms with Crippen molar-refractivity contribution >= 4 is 0 Å². The number of hydrogen-bond donors (Lipinski definition) is 1. The summed E-state index contributed by atoms with van der Waals surface area (Å²) in [5.74, 6) is 0.810. The minimum absolute atomic E-state index is 0.437. The van der Waals surface area contributed by atoms with E-state index >= 15 is 0 Å². The van der Waals surface area contributed by atoms with Crippen LogP contribution in [0.15, 0.2) is 30.5 Å². The number of aromatic nitrogens is 3. The number of nitrogens with zero attached hydrogens (tertiary/aromatic N) is 3. The fourth-order valence-electron chi connectivity index (χ4n) is 1.57. The van der Waals surface area contributed by atoms with Gasteiger partial charge >= 0.3 is 0 Å². The van der Waals surface area contributed by atoms with Gasteiger partial charge in [-0.3, -0.25) is 0 Å². The Bertz CT molecular complexity index is 507. The Morgan fingerprint density at radius 3 is 2.94 bits per heavy atom. The lowest BCUT2D eigenvalue weighted by Crippen LogP contribution is -2.21. The van der Waals surface area contributed by atoms with E-state index < -0.39 is 0 Å². The number of methoxy groups -OCH3 is 1. The van der Waals surface area contributed by atoms with Gasteiger partial charge < -0.3 is 10.1 Å². The molecule has 0 saturated heterocycles. The lowest BCUT2D eigenvalue weighted by Gasteiger charge is -2.04. The Balaban J connectivity index is 2.13. The summed E-state index contributed by atoms with van der Waals surface area (Å²) in [5, 5.41) is 11.5. The summed E-state index contributed by atoms with van der Waals surface area (Å²) in [4.78, 5) is 0. The molecule has 0 bridgehead atoms. The zero-order valence-corrected chi connectivity index (χ0v) is 10.9. The van der Waals surface area contributed by atoms with Gasteiger partial charge in [-0.1, -0.05) is 25.1 Å². The van der Waals surface area contributed by atoms with E-state index in [-0.39, 0.29) is 0 Å². The third kappa shape index (κ3) is 3.07. The monoisotopic (exact) mass is 246 g/mol. The molecule has 1 heterocycles. The third-order valence-corrected chi connectivity index (χ3v) is 2.55. The van der Waals surface area contributed by atoms with E-state index in [2.05, 4.69) is 29.5 Å². The summed E-state index contributed by atoms with van der Waals surface area (Å²) in [6.45, 7) is 4.93. The first-order chi connectivity index (χ1) is 8.69.